The number of hydrogen-bond donors (Lipinski definition) is 2. The highest BCUT2D eigenvalue weighted by Gasteiger charge is 2.65. The van der Waals surface area contributed by atoms with Gasteiger partial charge in [-0.15, -0.1) is 0 Å². The van der Waals surface area contributed by atoms with Crippen LogP contribution in [0.5, 0.6) is 0 Å². The van der Waals surface area contributed by atoms with E-state index in [4.69, 9.17) is 23.2 Å². The van der Waals surface area contributed by atoms with Gasteiger partial charge in [0.15, 0.2) is 0 Å². The van der Waals surface area contributed by atoms with Crippen LogP contribution in [0.15, 0.2) is 93.9 Å². The van der Waals surface area contributed by atoms with Crippen LogP contribution in [0, 0.1) is 0 Å². The van der Waals surface area contributed by atoms with Crippen molar-refractivity contribution in [3.63, 3.8) is 0 Å². The van der Waals surface area contributed by atoms with Crippen molar-refractivity contribution >= 4 is 66.4 Å². The second-order valence-electron chi connectivity index (χ2n) is 8.14. The van der Waals surface area contributed by atoms with Crippen LogP contribution in [0.3, 0.4) is 0 Å². The molecule has 2 nitrogen and oxygen atoms in total. The van der Waals surface area contributed by atoms with E-state index in [1.807, 2.05) is 24.3 Å². The fourth-order valence-corrected chi connectivity index (χ4v) is 6.26. The third-order valence-corrected chi connectivity index (χ3v) is 8.02. The second-order valence-corrected chi connectivity index (χ2v) is 10.8. The van der Waals surface area contributed by atoms with Crippen LogP contribution in [0.1, 0.15) is 22.3 Å². The molecule has 32 heavy (non-hydrogen) atoms. The van der Waals surface area contributed by atoms with Crippen LogP contribution in [0.25, 0.3) is 0 Å². The molecule has 2 heterocycles. The Kier molecular flexibility index (Phi) is 4.68. The number of anilines is 2. The zero-order valence-corrected chi connectivity index (χ0v) is 21.3. The van der Waals surface area contributed by atoms with Gasteiger partial charge in [0.05, 0.1) is 0 Å². The van der Waals surface area contributed by atoms with E-state index >= 15 is 0 Å². The smallest absolute Gasteiger partial charge is 0.122 e. The first kappa shape index (κ1) is 20.6. The number of hydrogen-bond acceptors (Lipinski definition) is 2. The van der Waals surface area contributed by atoms with Gasteiger partial charge >= 0.3 is 0 Å². The Bertz CT molecular complexity index is 1260. The topological polar surface area (TPSA) is 24.1 Å². The van der Waals surface area contributed by atoms with Crippen molar-refractivity contribution in [3.05, 3.63) is 126 Å². The van der Waals surface area contributed by atoms with E-state index in [0.717, 1.165) is 42.6 Å². The lowest BCUT2D eigenvalue weighted by Crippen LogP contribution is -2.51. The predicted octanol–water partition coefficient (Wildman–Crippen LogP) is 8.56. The van der Waals surface area contributed by atoms with Crippen LogP contribution >= 0.6 is 55.1 Å². The number of benzene rings is 4. The van der Waals surface area contributed by atoms with Gasteiger partial charge in [-0.3, -0.25) is 0 Å². The summed E-state index contributed by atoms with van der Waals surface area (Å²) < 4.78 is 2.05. The molecular weight excluding hydrogens is 571 g/mol. The summed E-state index contributed by atoms with van der Waals surface area (Å²) in [6, 6.07) is 29.0. The molecule has 0 amide bonds. The predicted molar refractivity (Wildman–Crippen MR) is 140 cm³/mol. The summed E-state index contributed by atoms with van der Waals surface area (Å²) in [7, 11) is 0. The van der Waals surface area contributed by atoms with E-state index in [1.54, 1.807) is 0 Å². The standard InChI is InChI=1S/C26H16Br2Cl2N2/c27-17-5-11-23-21(13-17)25(15-1-7-19(29)8-2-15)26(32-23,16-3-9-20(30)10-4-16)22-14-18(28)6-12-24(22)31-25/h1-14,31-32H/t25-,26-/m1/s1. The second kappa shape index (κ2) is 7.26. The molecule has 6 rings (SSSR count). The molecule has 158 valence electrons. The highest BCUT2D eigenvalue weighted by atomic mass is 79.9. The van der Waals surface area contributed by atoms with Gasteiger partial charge < -0.3 is 10.6 Å². The number of rotatable bonds is 2. The first-order valence-corrected chi connectivity index (χ1v) is 12.5. The Morgan fingerprint density at radius 1 is 0.531 bits per heavy atom. The molecule has 0 saturated carbocycles. The van der Waals surface area contributed by atoms with Gasteiger partial charge in [-0.25, -0.2) is 0 Å². The number of halogens is 4. The molecule has 2 N–H and O–H groups in total. The summed E-state index contributed by atoms with van der Waals surface area (Å²) in [5, 5.41) is 9.28. The van der Waals surface area contributed by atoms with Crippen molar-refractivity contribution in [2.45, 2.75) is 11.1 Å². The lowest BCUT2D eigenvalue weighted by atomic mass is 9.66. The fourth-order valence-electron chi connectivity index (χ4n) is 5.29. The Balaban J connectivity index is 1.77. The first-order chi connectivity index (χ1) is 15.4. The summed E-state index contributed by atoms with van der Waals surface area (Å²) >= 11 is 20.0. The van der Waals surface area contributed by atoms with Crippen molar-refractivity contribution in [3.8, 4) is 0 Å². The van der Waals surface area contributed by atoms with Crippen LogP contribution in [-0.2, 0) is 11.1 Å². The molecular formula is C26H16Br2Cl2N2. The minimum Gasteiger partial charge on any atom is -0.369 e. The molecule has 4 aromatic carbocycles. The molecule has 0 radical (unpaired) electrons. The third kappa shape index (κ3) is 2.70. The van der Waals surface area contributed by atoms with Gasteiger partial charge in [0.25, 0.3) is 0 Å². The van der Waals surface area contributed by atoms with E-state index in [0.29, 0.717) is 10.0 Å². The molecule has 0 aliphatic carbocycles. The maximum absolute atomic E-state index is 6.30. The maximum Gasteiger partial charge on any atom is 0.122 e. The van der Waals surface area contributed by atoms with Crippen molar-refractivity contribution in [2.24, 2.45) is 0 Å². The minimum atomic E-state index is -0.604. The monoisotopic (exact) mass is 584 g/mol. The maximum atomic E-state index is 6.30. The highest BCUT2D eigenvalue weighted by Crippen LogP contribution is 2.64. The molecule has 0 spiro atoms. The summed E-state index contributed by atoms with van der Waals surface area (Å²) in [5.74, 6) is 0. The summed E-state index contributed by atoms with van der Waals surface area (Å²) in [6.07, 6.45) is 0. The van der Waals surface area contributed by atoms with E-state index in [9.17, 15) is 0 Å². The lowest BCUT2D eigenvalue weighted by Gasteiger charge is -2.42. The van der Waals surface area contributed by atoms with Gasteiger partial charge in [0.2, 0.25) is 0 Å². The van der Waals surface area contributed by atoms with Gasteiger partial charge in [0, 0.05) is 41.5 Å². The molecule has 2 aliphatic rings. The highest BCUT2D eigenvalue weighted by molar-refractivity contribution is 9.10. The zero-order valence-electron chi connectivity index (χ0n) is 16.6. The fraction of sp³-hybridized carbons (Fsp3) is 0.0769. The average molecular weight is 587 g/mol. The molecule has 0 fully saturated rings. The number of fused-ring (bicyclic) bond motifs is 5. The lowest BCUT2D eigenvalue weighted by molar-refractivity contribution is 0.439. The van der Waals surface area contributed by atoms with E-state index < -0.39 is 11.1 Å². The van der Waals surface area contributed by atoms with Crippen LogP contribution in [-0.4, -0.2) is 0 Å². The van der Waals surface area contributed by atoms with Crippen molar-refractivity contribution < 1.29 is 0 Å². The number of nitrogens with one attached hydrogen (secondary N) is 2. The average Bonchev–Trinajstić information content (AvgIpc) is 3.22. The molecule has 0 saturated heterocycles. The molecule has 2 aliphatic heterocycles. The molecule has 4 aromatic rings. The van der Waals surface area contributed by atoms with Crippen LogP contribution < -0.4 is 10.6 Å². The molecule has 0 aromatic heterocycles. The minimum absolute atomic E-state index is 0.604. The Hall–Kier alpha value is -1.98. The SMILES string of the molecule is Clc1ccc([C@]23Nc4ccc(Br)cc4[C@@]2(c2ccc(Cl)cc2)Nc2ccc(Br)cc23)cc1. The van der Waals surface area contributed by atoms with Crippen molar-refractivity contribution in [2.75, 3.05) is 10.6 Å². The molecule has 0 unspecified atom stereocenters. The van der Waals surface area contributed by atoms with Gasteiger partial charge in [-0.05, 0) is 71.8 Å². The van der Waals surface area contributed by atoms with Gasteiger partial charge in [0.1, 0.15) is 11.1 Å². The Morgan fingerprint density at radius 3 is 1.28 bits per heavy atom. The molecule has 0 bridgehead atoms. The molecule has 2 atom stereocenters. The summed E-state index contributed by atoms with van der Waals surface area (Å²) in [6.45, 7) is 0. The molecule has 6 heteroatoms. The van der Waals surface area contributed by atoms with Crippen molar-refractivity contribution in [1.29, 1.82) is 0 Å². The Labute approximate surface area is 213 Å². The largest absolute Gasteiger partial charge is 0.369 e. The van der Waals surface area contributed by atoms with E-state index in [1.165, 1.54) is 0 Å². The van der Waals surface area contributed by atoms with E-state index in [-0.39, 0.29) is 0 Å². The van der Waals surface area contributed by atoms with Crippen LogP contribution in [0.2, 0.25) is 10.0 Å². The first-order valence-electron chi connectivity index (χ1n) is 10.1. The summed E-state index contributed by atoms with van der Waals surface area (Å²) in [4.78, 5) is 0. The third-order valence-electron chi connectivity index (χ3n) is 6.53. The van der Waals surface area contributed by atoms with Crippen LogP contribution in [0.4, 0.5) is 11.4 Å². The van der Waals surface area contributed by atoms with Crippen molar-refractivity contribution in [1.82, 2.24) is 0 Å². The van der Waals surface area contributed by atoms with E-state index in [2.05, 4.69) is 103 Å². The zero-order chi connectivity index (χ0) is 22.1. The normalized spacial score (nSPS) is 22.5. The Morgan fingerprint density at radius 2 is 0.906 bits per heavy atom. The quantitative estimate of drug-likeness (QED) is 0.246. The van der Waals surface area contributed by atoms with Gasteiger partial charge in [-0.1, -0.05) is 79.3 Å². The van der Waals surface area contributed by atoms with Gasteiger partial charge in [-0.2, -0.15) is 0 Å². The summed E-state index contributed by atoms with van der Waals surface area (Å²) in [5.41, 5.74) is 5.52.